The SMILES string of the molecule is Cc1ccc(F)cc1CC1(c2cccc(Cl)c2)CNC1. The summed E-state index contributed by atoms with van der Waals surface area (Å²) in [6.45, 7) is 3.85. The molecule has 1 nitrogen and oxygen atoms in total. The maximum atomic E-state index is 13.5. The van der Waals surface area contributed by atoms with Crippen molar-refractivity contribution >= 4 is 11.6 Å². The molecule has 0 radical (unpaired) electrons. The van der Waals surface area contributed by atoms with Crippen LogP contribution in [0.4, 0.5) is 4.39 Å². The fraction of sp³-hybridized carbons (Fsp3) is 0.294. The maximum Gasteiger partial charge on any atom is 0.123 e. The summed E-state index contributed by atoms with van der Waals surface area (Å²) >= 11 is 6.11. The zero-order valence-corrected chi connectivity index (χ0v) is 12.2. The van der Waals surface area contributed by atoms with E-state index in [-0.39, 0.29) is 11.2 Å². The van der Waals surface area contributed by atoms with Crippen molar-refractivity contribution in [3.8, 4) is 0 Å². The van der Waals surface area contributed by atoms with Crippen LogP contribution in [-0.4, -0.2) is 13.1 Å². The predicted octanol–water partition coefficient (Wildman–Crippen LogP) is 3.87. The van der Waals surface area contributed by atoms with Crippen LogP contribution in [0, 0.1) is 12.7 Å². The second-order valence-electron chi connectivity index (χ2n) is 5.64. The Bertz CT molecular complexity index is 635. The molecule has 1 fully saturated rings. The van der Waals surface area contributed by atoms with E-state index < -0.39 is 0 Å². The van der Waals surface area contributed by atoms with Crippen LogP contribution in [0.3, 0.4) is 0 Å². The summed E-state index contributed by atoms with van der Waals surface area (Å²) in [6, 6.07) is 13.0. The van der Waals surface area contributed by atoms with Gasteiger partial charge >= 0.3 is 0 Å². The molecular formula is C17H17ClFN. The van der Waals surface area contributed by atoms with Gasteiger partial charge in [0.25, 0.3) is 0 Å². The van der Waals surface area contributed by atoms with Crippen LogP contribution < -0.4 is 5.32 Å². The first-order chi connectivity index (χ1) is 9.59. The number of aryl methyl sites for hydroxylation is 1. The molecule has 0 unspecified atom stereocenters. The number of rotatable bonds is 3. The Morgan fingerprint density at radius 1 is 1.20 bits per heavy atom. The average Bonchev–Trinajstić information content (AvgIpc) is 2.38. The van der Waals surface area contributed by atoms with Gasteiger partial charge < -0.3 is 5.32 Å². The van der Waals surface area contributed by atoms with E-state index in [4.69, 9.17) is 11.6 Å². The van der Waals surface area contributed by atoms with Crippen LogP contribution in [0.15, 0.2) is 42.5 Å². The monoisotopic (exact) mass is 289 g/mol. The molecule has 1 N–H and O–H groups in total. The minimum absolute atomic E-state index is 0.0312. The van der Waals surface area contributed by atoms with Crippen molar-refractivity contribution in [2.45, 2.75) is 18.8 Å². The van der Waals surface area contributed by atoms with E-state index in [0.717, 1.165) is 35.7 Å². The molecule has 1 aliphatic rings. The molecular weight excluding hydrogens is 273 g/mol. The van der Waals surface area contributed by atoms with Crippen LogP contribution in [0.2, 0.25) is 5.02 Å². The molecule has 20 heavy (non-hydrogen) atoms. The second-order valence-corrected chi connectivity index (χ2v) is 6.08. The number of hydrogen-bond acceptors (Lipinski definition) is 1. The van der Waals surface area contributed by atoms with Gasteiger partial charge in [-0.25, -0.2) is 4.39 Å². The summed E-state index contributed by atoms with van der Waals surface area (Å²) in [7, 11) is 0. The Hall–Kier alpha value is -1.38. The van der Waals surface area contributed by atoms with Gasteiger partial charge in [-0.05, 0) is 54.3 Å². The van der Waals surface area contributed by atoms with Gasteiger partial charge in [-0.1, -0.05) is 29.8 Å². The molecule has 1 aliphatic heterocycles. The van der Waals surface area contributed by atoms with Crippen LogP contribution in [-0.2, 0) is 11.8 Å². The highest BCUT2D eigenvalue weighted by Crippen LogP contribution is 2.34. The van der Waals surface area contributed by atoms with Crippen LogP contribution in [0.5, 0.6) is 0 Å². The van der Waals surface area contributed by atoms with E-state index in [1.807, 2.05) is 31.2 Å². The van der Waals surface area contributed by atoms with E-state index in [9.17, 15) is 4.39 Å². The topological polar surface area (TPSA) is 12.0 Å². The molecule has 0 saturated carbocycles. The molecule has 2 aromatic carbocycles. The molecule has 1 saturated heterocycles. The lowest BCUT2D eigenvalue weighted by Gasteiger charge is -2.44. The highest BCUT2D eigenvalue weighted by Gasteiger charge is 2.39. The molecule has 2 aromatic rings. The lowest BCUT2D eigenvalue weighted by Crippen LogP contribution is -2.58. The first-order valence-corrected chi connectivity index (χ1v) is 7.19. The van der Waals surface area contributed by atoms with Crippen molar-refractivity contribution in [1.82, 2.24) is 5.32 Å². The number of halogens is 2. The Balaban J connectivity index is 1.96. The molecule has 0 atom stereocenters. The van der Waals surface area contributed by atoms with E-state index in [0.29, 0.717) is 0 Å². The molecule has 0 amide bonds. The largest absolute Gasteiger partial charge is 0.315 e. The molecule has 0 aliphatic carbocycles. The highest BCUT2D eigenvalue weighted by atomic mass is 35.5. The van der Waals surface area contributed by atoms with Crippen LogP contribution in [0.25, 0.3) is 0 Å². The second kappa shape index (κ2) is 5.19. The maximum absolute atomic E-state index is 13.5. The van der Waals surface area contributed by atoms with Crippen molar-refractivity contribution in [2.24, 2.45) is 0 Å². The van der Waals surface area contributed by atoms with Crippen LogP contribution in [0.1, 0.15) is 16.7 Å². The zero-order valence-electron chi connectivity index (χ0n) is 11.4. The number of hydrogen-bond donors (Lipinski definition) is 1. The third kappa shape index (κ3) is 2.46. The lowest BCUT2D eigenvalue weighted by molar-refractivity contribution is 0.274. The summed E-state index contributed by atoms with van der Waals surface area (Å²) in [5.74, 6) is -0.167. The third-order valence-electron chi connectivity index (χ3n) is 4.20. The van der Waals surface area contributed by atoms with Gasteiger partial charge in [0, 0.05) is 23.5 Å². The normalized spacial score (nSPS) is 16.8. The van der Waals surface area contributed by atoms with Crippen molar-refractivity contribution in [3.05, 3.63) is 70.0 Å². The smallest absolute Gasteiger partial charge is 0.123 e. The van der Waals surface area contributed by atoms with Crippen molar-refractivity contribution in [3.63, 3.8) is 0 Å². The van der Waals surface area contributed by atoms with Crippen molar-refractivity contribution < 1.29 is 4.39 Å². The zero-order chi connectivity index (χ0) is 14.2. The summed E-state index contributed by atoms with van der Waals surface area (Å²) in [5, 5.41) is 4.09. The van der Waals surface area contributed by atoms with E-state index >= 15 is 0 Å². The van der Waals surface area contributed by atoms with Gasteiger partial charge in [0.2, 0.25) is 0 Å². The number of nitrogens with one attached hydrogen (secondary N) is 1. The fourth-order valence-corrected chi connectivity index (χ4v) is 3.06. The molecule has 0 aromatic heterocycles. The standard InChI is InChI=1S/C17H17ClFN/c1-12-5-6-16(19)7-13(12)9-17(10-20-11-17)14-3-2-4-15(18)8-14/h2-8,20H,9-11H2,1H3. The minimum Gasteiger partial charge on any atom is -0.315 e. The minimum atomic E-state index is -0.167. The molecule has 3 heteroatoms. The van der Waals surface area contributed by atoms with Gasteiger partial charge in [-0.15, -0.1) is 0 Å². The summed E-state index contributed by atoms with van der Waals surface area (Å²) in [4.78, 5) is 0. The summed E-state index contributed by atoms with van der Waals surface area (Å²) < 4.78 is 13.5. The Labute approximate surface area is 123 Å². The van der Waals surface area contributed by atoms with E-state index in [2.05, 4.69) is 11.4 Å². The van der Waals surface area contributed by atoms with Gasteiger partial charge in [-0.2, -0.15) is 0 Å². The van der Waals surface area contributed by atoms with Gasteiger partial charge in [0.15, 0.2) is 0 Å². The first-order valence-electron chi connectivity index (χ1n) is 6.81. The molecule has 0 spiro atoms. The molecule has 3 rings (SSSR count). The first kappa shape index (κ1) is 13.6. The fourth-order valence-electron chi connectivity index (χ4n) is 2.87. The Kier molecular flexibility index (Phi) is 3.53. The predicted molar refractivity (Wildman–Crippen MR) is 80.8 cm³/mol. The Morgan fingerprint density at radius 2 is 2.00 bits per heavy atom. The van der Waals surface area contributed by atoms with Gasteiger partial charge in [-0.3, -0.25) is 0 Å². The Morgan fingerprint density at radius 3 is 2.65 bits per heavy atom. The number of benzene rings is 2. The lowest BCUT2D eigenvalue weighted by atomic mass is 9.70. The molecule has 1 heterocycles. The van der Waals surface area contributed by atoms with Gasteiger partial charge in [0.1, 0.15) is 5.82 Å². The highest BCUT2D eigenvalue weighted by molar-refractivity contribution is 6.30. The van der Waals surface area contributed by atoms with E-state index in [1.54, 1.807) is 6.07 Å². The molecule has 104 valence electrons. The van der Waals surface area contributed by atoms with Crippen LogP contribution >= 0.6 is 11.6 Å². The summed E-state index contributed by atoms with van der Waals surface area (Å²) in [6.07, 6.45) is 0.837. The van der Waals surface area contributed by atoms with Crippen molar-refractivity contribution in [2.75, 3.05) is 13.1 Å². The molecule has 0 bridgehead atoms. The summed E-state index contributed by atoms with van der Waals surface area (Å²) in [5.41, 5.74) is 3.47. The average molecular weight is 290 g/mol. The quantitative estimate of drug-likeness (QED) is 0.904. The van der Waals surface area contributed by atoms with E-state index in [1.165, 1.54) is 11.6 Å². The van der Waals surface area contributed by atoms with Gasteiger partial charge in [0.05, 0.1) is 0 Å². The third-order valence-corrected chi connectivity index (χ3v) is 4.44. The van der Waals surface area contributed by atoms with Crippen molar-refractivity contribution in [1.29, 1.82) is 0 Å².